The molecule has 1 aromatic rings. The van der Waals surface area contributed by atoms with Crippen LogP contribution in [0, 0.1) is 0 Å². The second-order valence-electron chi connectivity index (χ2n) is 6.65. The maximum atomic E-state index is 12.8. The molecule has 1 heterocycles. The quantitative estimate of drug-likeness (QED) is 0.667. The average Bonchev–Trinajstić information content (AvgIpc) is 2.61. The highest BCUT2D eigenvalue weighted by molar-refractivity contribution is 6.02. The maximum Gasteiger partial charge on any atom is 0.270 e. The van der Waals surface area contributed by atoms with Gasteiger partial charge in [0.1, 0.15) is 5.75 Å². The van der Waals surface area contributed by atoms with E-state index in [1.165, 1.54) is 0 Å². The Morgan fingerprint density at radius 1 is 1.15 bits per heavy atom. The largest absolute Gasteiger partial charge is 0.476 e. The van der Waals surface area contributed by atoms with Crippen LogP contribution in [0.25, 0.3) is 0 Å². The molecule has 0 aromatic heterocycles. The van der Waals surface area contributed by atoms with Crippen LogP contribution in [0.15, 0.2) is 24.3 Å². The van der Waals surface area contributed by atoms with Crippen molar-refractivity contribution in [1.82, 2.24) is 4.90 Å². The first-order chi connectivity index (χ1) is 12.4. The van der Waals surface area contributed by atoms with Crippen molar-refractivity contribution in [1.29, 1.82) is 0 Å². The Balaban J connectivity index is 2.08. The molecule has 1 aromatic carbocycles. The summed E-state index contributed by atoms with van der Waals surface area (Å²) in [5.74, 6) is 0.471. The molecule has 26 heavy (non-hydrogen) atoms. The lowest BCUT2D eigenvalue weighted by molar-refractivity contribution is -0.134. The predicted octanol–water partition coefficient (Wildman–Crippen LogP) is 1.70. The van der Waals surface area contributed by atoms with Gasteiger partial charge < -0.3 is 24.0 Å². The first kappa shape index (κ1) is 20.2. The molecule has 0 saturated heterocycles. The van der Waals surface area contributed by atoms with Gasteiger partial charge in [0, 0.05) is 40.3 Å². The van der Waals surface area contributed by atoms with Gasteiger partial charge in [0.2, 0.25) is 5.91 Å². The molecular formula is C19H28N2O5. The topological polar surface area (TPSA) is 68.3 Å². The minimum atomic E-state index is -0.955. The van der Waals surface area contributed by atoms with Crippen LogP contribution in [0.3, 0.4) is 0 Å². The number of hydrogen-bond acceptors (Lipinski definition) is 5. The first-order valence-corrected chi connectivity index (χ1v) is 8.76. The third-order valence-corrected chi connectivity index (χ3v) is 4.31. The first-order valence-electron chi connectivity index (χ1n) is 8.76. The Kier molecular flexibility index (Phi) is 6.99. The maximum absolute atomic E-state index is 12.8. The zero-order valence-electron chi connectivity index (χ0n) is 16.0. The van der Waals surface area contributed by atoms with E-state index in [0.29, 0.717) is 44.3 Å². The van der Waals surface area contributed by atoms with Gasteiger partial charge in [0.25, 0.3) is 5.91 Å². The lowest BCUT2D eigenvalue weighted by Gasteiger charge is -2.38. The van der Waals surface area contributed by atoms with Crippen LogP contribution in [0.5, 0.6) is 5.75 Å². The number of carbonyl (C=O) groups is 2. The summed E-state index contributed by atoms with van der Waals surface area (Å²) in [5.41, 5.74) is -0.256. The van der Waals surface area contributed by atoms with Crippen LogP contribution in [-0.2, 0) is 19.1 Å². The lowest BCUT2D eigenvalue weighted by atomic mass is 10.0. The molecule has 0 N–H and O–H groups in total. The number of amides is 2. The molecule has 0 saturated carbocycles. The molecule has 0 spiro atoms. The highest BCUT2D eigenvalue weighted by Gasteiger charge is 2.40. The molecule has 7 nitrogen and oxygen atoms in total. The molecule has 7 heteroatoms. The van der Waals surface area contributed by atoms with E-state index in [-0.39, 0.29) is 18.2 Å². The molecule has 144 valence electrons. The van der Waals surface area contributed by atoms with Crippen LogP contribution in [0.1, 0.15) is 20.3 Å². The Morgan fingerprint density at radius 3 is 2.38 bits per heavy atom. The second-order valence-corrected chi connectivity index (χ2v) is 6.65. The lowest BCUT2D eigenvalue weighted by Crippen LogP contribution is -2.53. The number of hydrogen-bond donors (Lipinski definition) is 0. The van der Waals surface area contributed by atoms with Crippen LogP contribution in [0.4, 0.5) is 5.69 Å². The standard InChI is InChI=1S/C19H28N2O5/c1-19(2)18(23)21(15-7-5-6-8-16(15)26-19)10-9-17(22)20(11-13-24-3)12-14-25-4/h5-8H,9-14H2,1-4H3. The molecule has 1 aliphatic rings. The fourth-order valence-electron chi connectivity index (χ4n) is 2.87. The monoisotopic (exact) mass is 364 g/mol. The summed E-state index contributed by atoms with van der Waals surface area (Å²) < 4.78 is 15.9. The number of rotatable bonds is 9. The molecule has 0 unspecified atom stereocenters. The fraction of sp³-hybridized carbons (Fsp3) is 0.579. The third-order valence-electron chi connectivity index (χ3n) is 4.31. The van der Waals surface area contributed by atoms with Crippen LogP contribution in [-0.4, -0.2) is 69.4 Å². The summed E-state index contributed by atoms with van der Waals surface area (Å²) in [6.07, 6.45) is 0.226. The van der Waals surface area contributed by atoms with Crippen molar-refractivity contribution >= 4 is 17.5 Å². The Hall–Kier alpha value is -2.12. The molecular weight excluding hydrogens is 336 g/mol. The van der Waals surface area contributed by atoms with E-state index in [9.17, 15) is 9.59 Å². The van der Waals surface area contributed by atoms with Crippen molar-refractivity contribution in [2.75, 3.05) is 52.0 Å². The zero-order chi connectivity index (χ0) is 19.2. The molecule has 0 fully saturated rings. The van der Waals surface area contributed by atoms with Crippen molar-refractivity contribution in [3.63, 3.8) is 0 Å². The van der Waals surface area contributed by atoms with Crippen LogP contribution >= 0.6 is 0 Å². The van der Waals surface area contributed by atoms with E-state index >= 15 is 0 Å². The number of ether oxygens (including phenoxy) is 3. The number of fused-ring (bicyclic) bond motifs is 1. The van der Waals surface area contributed by atoms with Crippen molar-refractivity contribution in [3.05, 3.63) is 24.3 Å². The summed E-state index contributed by atoms with van der Waals surface area (Å²) in [7, 11) is 3.20. The van der Waals surface area contributed by atoms with Gasteiger partial charge >= 0.3 is 0 Å². The highest BCUT2D eigenvalue weighted by Crippen LogP contribution is 2.37. The third kappa shape index (κ3) is 4.74. The van der Waals surface area contributed by atoms with Crippen LogP contribution < -0.4 is 9.64 Å². The van der Waals surface area contributed by atoms with Gasteiger partial charge in [-0.25, -0.2) is 0 Å². The highest BCUT2D eigenvalue weighted by atomic mass is 16.5. The molecule has 2 rings (SSSR count). The number of methoxy groups -OCH3 is 2. The second kappa shape index (κ2) is 9.00. The number of anilines is 1. The summed E-state index contributed by atoms with van der Waals surface area (Å²) >= 11 is 0. The number of para-hydroxylation sites is 2. The number of nitrogens with zero attached hydrogens (tertiary/aromatic N) is 2. The minimum Gasteiger partial charge on any atom is -0.476 e. The Bertz CT molecular complexity index is 624. The average molecular weight is 364 g/mol. The summed E-state index contributed by atoms with van der Waals surface area (Å²) in [4.78, 5) is 28.7. The van der Waals surface area contributed by atoms with Crippen molar-refractivity contribution in [2.45, 2.75) is 25.9 Å². The van der Waals surface area contributed by atoms with Gasteiger partial charge in [0.05, 0.1) is 18.9 Å². The van der Waals surface area contributed by atoms with Crippen LogP contribution in [0.2, 0.25) is 0 Å². The smallest absolute Gasteiger partial charge is 0.270 e. The van der Waals surface area contributed by atoms with E-state index in [2.05, 4.69) is 0 Å². The van der Waals surface area contributed by atoms with Crippen molar-refractivity contribution in [3.8, 4) is 5.75 Å². The Labute approximate surface area is 154 Å². The summed E-state index contributed by atoms with van der Waals surface area (Å²) in [6, 6.07) is 7.39. The normalized spacial score (nSPS) is 15.4. The molecule has 0 atom stereocenters. The van der Waals surface area contributed by atoms with Crippen molar-refractivity contribution < 1.29 is 23.8 Å². The summed E-state index contributed by atoms with van der Waals surface area (Å²) in [5, 5.41) is 0. The predicted molar refractivity (Wildman–Crippen MR) is 98.5 cm³/mol. The number of benzene rings is 1. The van der Waals surface area contributed by atoms with Gasteiger partial charge in [0.15, 0.2) is 5.60 Å². The molecule has 1 aliphatic heterocycles. The van der Waals surface area contributed by atoms with E-state index in [4.69, 9.17) is 14.2 Å². The van der Waals surface area contributed by atoms with Gasteiger partial charge in [-0.1, -0.05) is 12.1 Å². The van der Waals surface area contributed by atoms with E-state index in [1.54, 1.807) is 37.9 Å². The molecule has 0 aliphatic carbocycles. The Morgan fingerprint density at radius 2 is 1.77 bits per heavy atom. The molecule has 0 radical (unpaired) electrons. The molecule has 0 bridgehead atoms. The van der Waals surface area contributed by atoms with E-state index in [1.807, 2.05) is 24.3 Å². The minimum absolute atomic E-state index is 0.0336. The van der Waals surface area contributed by atoms with E-state index < -0.39 is 5.60 Å². The van der Waals surface area contributed by atoms with Gasteiger partial charge in [-0.05, 0) is 26.0 Å². The zero-order valence-corrected chi connectivity index (χ0v) is 16.0. The summed E-state index contributed by atoms with van der Waals surface area (Å²) in [6.45, 7) is 5.70. The SMILES string of the molecule is COCCN(CCOC)C(=O)CCN1C(=O)C(C)(C)Oc2ccccc21. The van der Waals surface area contributed by atoms with Gasteiger partial charge in [-0.2, -0.15) is 0 Å². The van der Waals surface area contributed by atoms with Gasteiger partial charge in [-0.15, -0.1) is 0 Å². The molecule has 2 amide bonds. The fourth-order valence-corrected chi connectivity index (χ4v) is 2.87. The van der Waals surface area contributed by atoms with E-state index in [0.717, 1.165) is 0 Å². The van der Waals surface area contributed by atoms with Crippen molar-refractivity contribution in [2.24, 2.45) is 0 Å². The number of carbonyl (C=O) groups excluding carboxylic acids is 2. The van der Waals surface area contributed by atoms with Gasteiger partial charge in [-0.3, -0.25) is 9.59 Å².